The topological polar surface area (TPSA) is 115 Å². The highest BCUT2D eigenvalue weighted by Gasteiger charge is 2.35. The third-order valence-electron chi connectivity index (χ3n) is 10.6. The number of rotatable bonds is 4. The van der Waals surface area contributed by atoms with E-state index < -0.39 is 0 Å². The lowest BCUT2D eigenvalue weighted by Crippen LogP contribution is -2.66. The Kier molecular flexibility index (Phi) is 7.89. The van der Waals surface area contributed by atoms with Crippen LogP contribution >= 0.6 is 0 Å². The molecule has 1 aromatic carbocycles. The van der Waals surface area contributed by atoms with Crippen molar-refractivity contribution in [2.45, 2.75) is 51.7 Å². The molecule has 4 aliphatic rings. The summed E-state index contributed by atoms with van der Waals surface area (Å²) in [6.07, 6.45) is 3.26. The van der Waals surface area contributed by atoms with Crippen molar-refractivity contribution in [2.24, 2.45) is 18.9 Å². The van der Waals surface area contributed by atoms with Crippen LogP contribution in [0.1, 0.15) is 41.0 Å². The Morgan fingerprint density at radius 2 is 1.89 bits per heavy atom. The predicted molar refractivity (Wildman–Crippen MR) is 181 cm³/mol. The SMILES string of the molecule is COC[C@H]1CN(c2ccc3nc4n(c3c2)C[C@@H]2CC[C@H](COc3c(c(C)nn3C)-c3cc(cc(C)n3)C(=O)N4)C2)CCN1C1CNC1. The van der Waals surface area contributed by atoms with Crippen molar-refractivity contribution in [1.29, 1.82) is 0 Å². The summed E-state index contributed by atoms with van der Waals surface area (Å²) in [6, 6.07) is 11.2. The first-order valence-electron chi connectivity index (χ1n) is 17.0. The highest BCUT2D eigenvalue weighted by atomic mass is 16.5. The van der Waals surface area contributed by atoms with E-state index in [1.165, 1.54) is 5.69 Å². The monoisotopic (exact) mass is 639 g/mol. The van der Waals surface area contributed by atoms with Crippen LogP contribution in [0.3, 0.4) is 0 Å². The molecule has 1 saturated carbocycles. The van der Waals surface area contributed by atoms with Crippen molar-refractivity contribution < 1.29 is 14.3 Å². The van der Waals surface area contributed by atoms with Gasteiger partial charge in [-0.2, -0.15) is 5.10 Å². The number of nitrogens with zero attached hydrogens (tertiary/aromatic N) is 7. The van der Waals surface area contributed by atoms with Crippen LogP contribution in [0.2, 0.25) is 0 Å². The zero-order chi connectivity index (χ0) is 32.2. The third kappa shape index (κ3) is 5.66. The molecular formula is C35H45N9O3. The number of piperazine rings is 1. The molecule has 12 nitrogen and oxygen atoms in total. The normalized spacial score (nSPS) is 23.8. The van der Waals surface area contributed by atoms with Gasteiger partial charge in [0, 0.05) is 76.4 Å². The van der Waals surface area contributed by atoms with E-state index in [0.29, 0.717) is 60.2 Å². The number of amides is 1. The summed E-state index contributed by atoms with van der Waals surface area (Å²) in [5.74, 6) is 1.98. The van der Waals surface area contributed by atoms with E-state index in [1.54, 1.807) is 11.8 Å². The van der Waals surface area contributed by atoms with Gasteiger partial charge in [-0.15, -0.1) is 0 Å². The second-order valence-corrected chi connectivity index (χ2v) is 13.9. The molecule has 4 bridgehead atoms. The number of aromatic nitrogens is 5. The maximum absolute atomic E-state index is 13.9. The number of carbonyl (C=O) groups is 1. The van der Waals surface area contributed by atoms with Gasteiger partial charge in [-0.05, 0) is 75.3 Å². The fraction of sp³-hybridized carbons (Fsp3) is 0.543. The van der Waals surface area contributed by atoms with Gasteiger partial charge in [0.1, 0.15) is 0 Å². The van der Waals surface area contributed by atoms with Gasteiger partial charge in [0.2, 0.25) is 11.8 Å². The number of anilines is 2. The lowest BCUT2D eigenvalue weighted by Gasteiger charge is -2.48. The molecule has 2 N–H and O–H groups in total. The molecule has 8 rings (SSSR count). The minimum atomic E-state index is -0.208. The number of benzene rings is 1. The van der Waals surface area contributed by atoms with Gasteiger partial charge in [-0.1, -0.05) is 0 Å². The summed E-state index contributed by atoms with van der Waals surface area (Å²) in [4.78, 5) is 28.8. The van der Waals surface area contributed by atoms with Crippen molar-refractivity contribution in [1.82, 2.24) is 34.5 Å². The summed E-state index contributed by atoms with van der Waals surface area (Å²) >= 11 is 0. The number of carbonyl (C=O) groups excluding carboxylic acids is 1. The van der Waals surface area contributed by atoms with Crippen molar-refractivity contribution in [2.75, 3.05) is 63.3 Å². The first kappa shape index (κ1) is 30.3. The largest absolute Gasteiger partial charge is 0.477 e. The number of hydrogen-bond donors (Lipinski definition) is 2. The second-order valence-electron chi connectivity index (χ2n) is 13.9. The van der Waals surface area contributed by atoms with Crippen LogP contribution in [0.15, 0.2) is 30.3 Å². The number of ether oxygens (including phenoxy) is 2. The van der Waals surface area contributed by atoms with E-state index in [4.69, 9.17) is 19.4 Å². The lowest BCUT2D eigenvalue weighted by molar-refractivity contribution is 0.0341. The van der Waals surface area contributed by atoms with E-state index in [0.717, 1.165) is 86.5 Å². The smallest absolute Gasteiger partial charge is 0.258 e. The molecule has 4 aromatic rings. The molecule has 12 heteroatoms. The van der Waals surface area contributed by atoms with Crippen molar-refractivity contribution in [3.63, 3.8) is 0 Å². The highest BCUT2D eigenvalue weighted by molar-refractivity contribution is 6.05. The second kappa shape index (κ2) is 12.2. The van der Waals surface area contributed by atoms with Crippen molar-refractivity contribution >= 4 is 28.6 Å². The minimum Gasteiger partial charge on any atom is -0.477 e. The predicted octanol–water partition coefficient (Wildman–Crippen LogP) is 3.62. The van der Waals surface area contributed by atoms with Crippen molar-refractivity contribution in [3.8, 4) is 17.1 Å². The summed E-state index contributed by atoms with van der Waals surface area (Å²) in [5, 5.41) is 11.3. The van der Waals surface area contributed by atoms with Gasteiger partial charge >= 0.3 is 0 Å². The van der Waals surface area contributed by atoms with E-state index in [1.807, 2.05) is 33.0 Å². The number of aryl methyl sites for hydroxylation is 3. The van der Waals surface area contributed by atoms with Crippen LogP contribution in [0.25, 0.3) is 22.3 Å². The first-order valence-corrected chi connectivity index (χ1v) is 17.0. The summed E-state index contributed by atoms with van der Waals surface area (Å²) < 4.78 is 16.2. The molecule has 3 aliphatic heterocycles. The van der Waals surface area contributed by atoms with Gasteiger partial charge in [0.15, 0.2) is 0 Å². The number of fused-ring (bicyclic) bond motifs is 9. The third-order valence-corrected chi connectivity index (χ3v) is 10.6. The van der Waals surface area contributed by atoms with Crippen molar-refractivity contribution in [3.05, 3.63) is 47.3 Å². The number of methoxy groups -OCH3 is 1. The average molecular weight is 640 g/mol. The molecule has 1 amide bonds. The summed E-state index contributed by atoms with van der Waals surface area (Å²) in [5.41, 5.74) is 6.76. The van der Waals surface area contributed by atoms with E-state index in [2.05, 4.69) is 48.3 Å². The Labute approximate surface area is 275 Å². The summed E-state index contributed by atoms with van der Waals surface area (Å²) in [7, 11) is 3.70. The molecule has 1 aliphatic carbocycles. The Balaban J connectivity index is 1.15. The van der Waals surface area contributed by atoms with Gasteiger partial charge in [-0.25, -0.2) is 9.67 Å². The Bertz CT molecular complexity index is 1810. The van der Waals surface area contributed by atoms with Crippen LogP contribution in [0, 0.1) is 25.7 Å². The standard InChI is InChI=1S/C35H45N9O3/c1-21-11-25-13-30(37-21)32-22(2)40-41(3)34(32)47-19-24-6-5-23(12-24)17-44-31-14-26(7-8-29(31)38-35(44)39-33(25)45)42-9-10-43(27-15-36-16-27)28(18-42)20-46-4/h7-8,11,13-14,23-24,27-28,36H,5-6,9-10,12,15-20H2,1-4H3,(H,38,39,45)/t23-,24+,28-/m1/s1. The molecular weight excluding hydrogens is 594 g/mol. The van der Waals surface area contributed by atoms with Crippen LogP contribution in [-0.2, 0) is 18.3 Å². The van der Waals surface area contributed by atoms with Crippen LogP contribution in [0.4, 0.5) is 11.6 Å². The number of pyridine rings is 1. The molecule has 3 fully saturated rings. The quantitative estimate of drug-likeness (QED) is 0.346. The van der Waals surface area contributed by atoms with E-state index in [-0.39, 0.29) is 5.91 Å². The van der Waals surface area contributed by atoms with Crippen LogP contribution < -0.4 is 20.3 Å². The molecule has 248 valence electrons. The van der Waals surface area contributed by atoms with Gasteiger partial charge in [0.05, 0.1) is 47.2 Å². The average Bonchev–Trinajstić information content (AvgIpc) is 3.70. The molecule has 47 heavy (non-hydrogen) atoms. The van der Waals surface area contributed by atoms with Crippen LogP contribution in [-0.4, -0.2) is 100 Å². The minimum absolute atomic E-state index is 0.208. The Morgan fingerprint density at radius 3 is 2.70 bits per heavy atom. The van der Waals surface area contributed by atoms with E-state index in [9.17, 15) is 4.79 Å². The van der Waals surface area contributed by atoms with E-state index >= 15 is 0 Å². The van der Waals surface area contributed by atoms with Crippen LogP contribution in [0.5, 0.6) is 5.88 Å². The highest BCUT2D eigenvalue weighted by Crippen LogP contribution is 2.38. The maximum atomic E-state index is 13.9. The fourth-order valence-corrected chi connectivity index (χ4v) is 8.17. The van der Waals surface area contributed by atoms with Gasteiger partial charge in [0.25, 0.3) is 5.91 Å². The Morgan fingerprint density at radius 1 is 1.04 bits per heavy atom. The molecule has 0 radical (unpaired) electrons. The fourth-order valence-electron chi connectivity index (χ4n) is 8.17. The summed E-state index contributed by atoms with van der Waals surface area (Å²) in [6.45, 7) is 11.0. The van der Waals surface area contributed by atoms with Gasteiger partial charge in [-0.3, -0.25) is 20.0 Å². The molecule has 6 heterocycles. The van der Waals surface area contributed by atoms with Gasteiger partial charge < -0.3 is 24.3 Å². The number of imidazole rings is 1. The molecule has 3 aromatic heterocycles. The zero-order valence-corrected chi connectivity index (χ0v) is 27.8. The first-order chi connectivity index (χ1) is 22.8. The molecule has 0 unspecified atom stereocenters. The molecule has 0 spiro atoms. The Hall–Kier alpha value is -4.00. The molecule has 3 atom stereocenters. The molecule has 2 saturated heterocycles. The number of hydrogen-bond acceptors (Lipinski definition) is 9. The zero-order valence-electron chi connectivity index (χ0n) is 27.8. The number of nitrogens with one attached hydrogen (secondary N) is 2. The lowest BCUT2D eigenvalue weighted by atomic mass is 10.0. The maximum Gasteiger partial charge on any atom is 0.258 e.